The standard InChI is InChI=1S/C11H20N2S/c1-5-8(2)6-12-10(4)11-13-9(3)7-14-11/h7-8,10,12H,5-6H2,1-4H3. The maximum Gasteiger partial charge on any atom is 0.110 e. The Bertz CT molecular complexity index is 270. The zero-order chi connectivity index (χ0) is 10.6. The summed E-state index contributed by atoms with van der Waals surface area (Å²) in [5, 5.41) is 6.82. The van der Waals surface area contributed by atoms with Gasteiger partial charge in [-0.1, -0.05) is 20.3 Å². The molecule has 1 rings (SSSR count). The van der Waals surface area contributed by atoms with E-state index in [0.717, 1.165) is 18.2 Å². The lowest BCUT2D eigenvalue weighted by atomic mass is 10.1. The molecule has 1 N–H and O–H groups in total. The number of rotatable bonds is 5. The number of hydrogen-bond acceptors (Lipinski definition) is 3. The summed E-state index contributed by atoms with van der Waals surface area (Å²) in [5.74, 6) is 0.749. The van der Waals surface area contributed by atoms with Gasteiger partial charge in [-0.25, -0.2) is 4.98 Å². The zero-order valence-corrected chi connectivity index (χ0v) is 10.3. The van der Waals surface area contributed by atoms with Gasteiger partial charge in [-0.2, -0.15) is 0 Å². The van der Waals surface area contributed by atoms with Crippen LogP contribution in [0.2, 0.25) is 0 Å². The van der Waals surface area contributed by atoms with Crippen molar-refractivity contribution in [2.75, 3.05) is 6.54 Å². The quantitative estimate of drug-likeness (QED) is 0.811. The van der Waals surface area contributed by atoms with Gasteiger partial charge >= 0.3 is 0 Å². The molecule has 0 saturated heterocycles. The third kappa shape index (κ3) is 3.39. The molecule has 0 fully saturated rings. The average molecular weight is 212 g/mol. The summed E-state index contributed by atoms with van der Waals surface area (Å²) < 4.78 is 0. The number of nitrogens with zero attached hydrogens (tertiary/aromatic N) is 1. The van der Waals surface area contributed by atoms with Gasteiger partial charge in [-0.15, -0.1) is 11.3 Å². The van der Waals surface area contributed by atoms with E-state index in [-0.39, 0.29) is 0 Å². The molecule has 2 nitrogen and oxygen atoms in total. The highest BCUT2D eigenvalue weighted by atomic mass is 32.1. The second-order valence-electron chi connectivity index (χ2n) is 3.97. The Kier molecular flexibility index (Phi) is 4.55. The fourth-order valence-electron chi connectivity index (χ4n) is 1.18. The molecule has 14 heavy (non-hydrogen) atoms. The van der Waals surface area contributed by atoms with E-state index in [2.05, 4.69) is 36.5 Å². The van der Waals surface area contributed by atoms with E-state index in [9.17, 15) is 0 Å². The van der Waals surface area contributed by atoms with Gasteiger partial charge in [0.15, 0.2) is 0 Å². The van der Waals surface area contributed by atoms with Gasteiger partial charge in [0.2, 0.25) is 0 Å². The molecule has 0 aliphatic carbocycles. The third-order valence-corrected chi connectivity index (χ3v) is 3.62. The highest BCUT2D eigenvalue weighted by Gasteiger charge is 2.09. The van der Waals surface area contributed by atoms with Gasteiger partial charge in [0.1, 0.15) is 5.01 Å². The van der Waals surface area contributed by atoms with Crippen LogP contribution >= 0.6 is 11.3 Å². The Labute approximate surface area is 90.8 Å². The topological polar surface area (TPSA) is 24.9 Å². The maximum absolute atomic E-state index is 4.47. The molecule has 3 heteroatoms. The molecule has 0 saturated carbocycles. The molecular weight excluding hydrogens is 192 g/mol. The summed E-state index contributed by atoms with van der Waals surface area (Å²) in [6, 6.07) is 0.391. The first kappa shape index (κ1) is 11.7. The first-order chi connectivity index (χ1) is 6.63. The molecule has 2 atom stereocenters. The molecule has 0 spiro atoms. The lowest BCUT2D eigenvalue weighted by Crippen LogP contribution is -2.24. The van der Waals surface area contributed by atoms with Crippen molar-refractivity contribution in [1.29, 1.82) is 0 Å². The minimum atomic E-state index is 0.391. The van der Waals surface area contributed by atoms with Gasteiger partial charge in [0.05, 0.1) is 6.04 Å². The minimum absolute atomic E-state index is 0.391. The average Bonchev–Trinajstić information content (AvgIpc) is 2.60. The van der Waals surface area contributed by atoms with E-state index in [1.165, 1.54) is 11.4 Å². The van der Waals surface area contributed by atoms with Crippen molar-refractivity contribution < 1.29 is 0 Å². The molecule has 0 aliphatic heterocycles. The summed E-state index contributed by atoms with van der Waals surface area (Å²) >= 11 is 1.74. The number of aryl methyl sites for hydroxylation is 1. The Morgan fingerprint density at radius 1 is 1.50 bits per heavy atom. The number of thiazole rings is 1. The lowest BCUT2D eigenvalue weighted by Gasteiger charge is -2.14. The number of nitrogens with one attached hydrogen (secondary N) is 1. The van der Waals surface area contributed by atoms with Gasteiger partial charge in [0, 0.05) is 11.1 Å². The Morgan fingerprint density at radius 2 is 2.21 bits per heavy atom. The Morgan fingerprint density at radius 3 is 2.71 bits per heavy atom. The van der Waals surface area contributed by atoms with Crippen LogP contribution in [0.3, 0.4) is 0 Å². The summed E-state index contributed by atoms with van der Waals surface area (Å²) in [5.41, 5.74) is 1.13. The molecule has 80 valence electrons. The van der Waals surface area contributed by atoms with E-state index in [1.54, 1.807) is 11.3 Å². The second-order valence-corrected chi connectivity index (χ2v) is 4.86. The number of aromatic nitrogens is 1. The van der Waals surface area contributed by atoms with Crippen molar-refractivity contribution in [2.24, 2.45) is 5.92 Å². The molecule has 0 bridgehead atoms. The van der Waals surface area contributed by atoms with Crippen LogP contribution in [0.4, 0.5) is 0 Å². The van der Waals surface area contributed by atoms with Gasteiger partial charge in [-0.3, -0.25) is 0 Å². The van der Waals surface area contributed by atoms with Crippen molar-refractivity contribution in [2.45, 2.75) is 40.2 Å². The molecule has 0 radical (unpaired) electrons. The predicted molar refractivity (Wildman–Crippen MR) is 62.7 cm³/mol. The smallest absolute Gasteiger partial charge is 0.110 e. The van der Waals surface area contributed by atoms with Crippen molar-refractivity contribution >= 4 is 11.3 Å². The Balaban J connectivity index is 2.39. The highest BCUT2D eigenvalue weighted by Crippen LogP contribution is 2.17. The monoisotopic (exact) mass is 212 g/mol. The lowest BCUT2D eigenvalue weighted by molar-refractivity contribution is 0.460. The van der Waals surface area contributed by atoms with Crippen molar-refractivity contribution in [3.63, 3.8) is 0 Å². The third-order valence-electron chi connectivity index (χ3n) is 2.48. The van der Waals surface area contributed by atoms with Gasteiger partial charge < -0.3 is 5.32 Å². The molecule has 1 heterocycles. The summed E-state index contributed by atoms with van der Waals surface area (Å²) in [4.78, 5) is 4.47. The SMILES string of the molecule is CCC(C)CNC(C)c1nc(C)cs1. The molecular formula is C11H20N2S. The van der Waals surface area contributed by atoms with Crippen LogP contribution in [0.1, 0.15) is 43.9 Å². The van der Waals surface area contributed by atoms with Crippen LogP contribution in [0.5, 0.6) is 0 Å². The van der Waals surface area contributed by atoms with E-state index in [4.69, 9.17) is 0 Å². The van der Waals surface area contributed by atoms with Crippen molar-refractivity contribution in [3.05, 3.63) is 16.1 Å². The fourth-order valence-corrected chi connectivity index (χ4v) is 2.01. The van der Waals surface area contributed by atoms with Crippen LogP contribution < -0.4 is 5.32 Å². The van der Waals surface area contributed by atoms with Gasteiger partial charge in [-0.05, 0) is 26.3 Å². The molecule has 1 aromatic rings. The van der Waals surface area contributed by atoms with E-state index >= 15 is 0 Å². The highest BCUT2D eigenvalue weighted by molar-refractivity contribution is 7.09. The predicted octanol–water partition coefficient (Wildman–Crippen LogP) is 3.15. The zero-order valence-electron chi connectivity index (χ0n) is 9.50. The Hall–Kier alpha value is -0.410. The summed E-state index contributed by atoms with van der Waals surface area (Å²) in [6.45, 7) is 9.80. The van der Waals surface area contributed by atoms with Crippen LogP contribution in [0.15, 0.2) is 5.38 Å². The van der Waals surface area contributed by atoms with Crippen molar-refractivity contribution in [3.8, 4) is 0 Å². The van der Waals surface area contributed by atoms with Crippen LogP contribution in [-0.2, 0) is 0 Å². The normalized spacial score (nSPS) is 15.4. The van der Waals surface area contributed by atoms with Crippen LogP contribution in [-0.4, -0.2) is 11.5 Å². The van der Waals surface area contributed by atoms with Gasteiger partial charge in [0.25, 0.3) is 0 Å². The fraction of sp³-hybridized carbons (Fsp3) is 0.727. The van der Waals surface area contributed by atoms with E-state index in [1.807, 2.05) is 6.92 Å². The van der Waals surface area contributed by atoms with E-state index < -0.39 is 0 Å². The number of hydrogen-bond donors (Lipinski definition) is 1. The molecule has 0 aliphatic rings. The van der Waals surface area contributed by atoms with E-state index in [0.29, 0.717) is 6.04 Å². The molecule has 0 aromatic carbocycles. The molecule has 0 amide bonds. The summed E-state index contributed by atoms with van der Waals surface area (Å²) in [7, 11) is 0. The van der Waals surface area contributed by atoms with Crippen LogP contribution in [0.25, 0.3) is 0 Å². The second kappa shape index (κ2) is 5.47. The molecule has 2 unspecified atom stereocenters. The molecule has 1 aromatic heterocycles. The van der Waals surface area contributed by atoms with Crippen molar-refractivity contribution in [1.82, 2.24) is 10.3 Å². The summed E-state index contributed by atoms with van der Waals surface area (Å²) in [6.07, 6.45) is 1.23. The van der Waals surface area contributed by atoms with Crippen LogP contribution in [0, 0.1) is 12.8 Å². The maximum atomic E-state index is 4.47. The first-order valence-corrected chi connectivity index (χ1v) is 6.16. The largest absolute Gasteiger partial charge is 0.308 e. The first-order valence-electron chi connectivity index (χ1n) is 5.28. The minimum Gasteiger partial charge on any atom is -0.308 e.